The molecule has 0 aromatic heterocycles. The van der Waals surface area contributed by atoms with E-state index in [1.54, 1.807) is 6.92 Å². The first-order valence-corrected chi connectivity index (χ1v) is 7.24. The second-order valence-electron chi connectivity index (χ2n) is 4.83. The molecule has 1 aliphatic heterocycles. The van der Waals surface area contributed by atoms with Crippen LogP contribution in [0.3, 0.4) is 0 Å². The third-order valence-electron chi connectivity index (χ3n) is 3.25. The van der Waals surface area contributed by atoms with Gasteiger partial charge in [0.15, 0.2) is 0 Å². The molecular formula is C12H16FNO3S. The molecule has 2 rings (SSSR count). The molecule has 0 amide bonds. The van der Waals surface area contributed by atoms with E-state index in [0.29, 0.717) is 12.8 Å². The van der Waals surface area contributed by atoms with Gasteiger partial charge in [-0.05, 0) is 31.9 Å². The van der Waals surface area contributed by atoms with Gasteiger partial charge >= 0.3 is 0 Å². The molecule has 0 spiro atoms. The highest BCUT2D eigenvalue weighted by Gasteiger charge is 2.34. The lowest BCUT2D eigenvalue weighted by molar-refractivity contribution is 0.0126. The summed E-state index contributed by atoms with van der Waals surface area (Å²) in [7, 11) is -3.80. The van der Waals surface area contributed by atoms with Crippen molar-refractivity contribution in [3.63, 3.8) is 0 Å². The van der Waals surface area contributed by atoms with Gasteiger partial charge in [0.1, 0.15) is 10.7 Å². The van der Waals surface area contributed by atoms with Gasteiger partial charge in [0.2, 0.25) is 10.0 Å². The third kappa shape index (κ3) is 2.55. The van der Waals surface area contributed by atoms with Crippen molar-refractivity contribution in [2.24, 2.45) is 0 Å². The van der Waals surface area contributed by atoms with Crippen LogP contribution in [-0.4, -0.2) is 36.5 Å². The molecule has 100 valence electrons. The number of hydrogen-bond acceptors (Lipinski definition) is 3. The number of aliphatic hydroxyl groups is 1. The molecule has 18 heavy (non-hydrogen) atoms. The predicted octanol–water partition coefficient (Wildman–Crippen LogP) is 1.36. The molecule has 1 heterocycles. The van der Waals surface area contributed by atoms with Crippen molar-refractivity contribution in [1.29, 1.82) is 0 Å². The summed E-state index contributed by atoms with van der Waals surface area (Å²) in [4.78, 5) is -0.299. The van der Waals surface area contributed by atoms with Crippen LogP contribution in [0.4, 0.5) is 4.39 Å². The Morgan fingerprint density at radius 3 is 2.39 bits per heavy atom. The Morgan fingerprint density at radius 1 is 1.28 bits per heavy atom. The van der Waals surface area contributed by atoms with Gasteiger partial charge < -0.3 is 5.11 Å². The van der Waals surface area contributed by atoms with E-state index in [1.165, 1.54) is 22.5 Å². The fourth-order valence-corrected chi connectivity index (χ4v) is 3.51. The number of hydrogen-bond donors (Lipinski definition) is 1. The minimum absolute atomic E-state index is 0.212. The molecule has 0 bridgehead atoms. The van der Waals surface area contributed by atoms with E-state index in [2.05, 4.69) is 0 Å². The molecule has 0 aliphatic carbocycles. The van der Waals surface area contributed by atoms with Crippen molar-refractivity contribution in [1.82, 2.24) is 4.31 Å². The fraction of sp³-hybridized carbons (Fsp3) is 0.500. The van der Waals surface area contributed by atoms with Crippen LogP contribution >= 0.6 is 0 Å². The second-order valence-corrected chi connectivity index (χ2v) is 6.74. The van der Waals surface area contributed by atoms with Crippen LogP contribution in [0.15, 0.2) is 29.2 Å². The lowest BCUT2D eigenvalue weighted by Crippen LogP contribution is -2.45. The molecule has 4 nitrogen and oxygen atoms in total. The zero-order chi connectivity index (χ0) is 13.4. The van der Waals surface area contributed by atoms with Gasteiger partial charge in [-0.3, -0.25) is 0 Å². The Balaban J connectivity index is 2.26. The first-order valence-electron chi connectivity index (χ1n) is 5.80. The first kappa shape index (κ1) is 13.5. The standard InChI is InChI=1S/C12H16FNO3S/c1-12(15)6-8-14(9-7-12)18(16,17)11-5-3-2-4-10(11)13/h2-5,15H,6-9H2,1H3. The topological polar surface area (TPSA) is 57.6 Å². The molecule has 0 saturated carbocycles. The average Bonchev–Trinajstić information content (AvgIpc) is 2.28. The van der Waals surface area contributed by atoms with Crippen LogP contribution in [0, 0.1) is 5.82 Å². The van der Waals surface area contributed by atoms with Crippen LogP contribution in [-0.2, 0) is 10.0 Å². The quantitative estimate of drug-likeness (QED) is 0.885. The Morgan fingerprint density at radius 2 is 1.83 bits per heavy atom. The van der Waals surface area contributed by atoms with Crippen molar-refractivity contribution in [2.45, 2.75) is 30.3 Å². The molecule has 1 aromatic rings. The second kappa shape index (κ2) is 4.60. The highest BCUT2D eigenvalue weighted by molar-refractivity contribution is 7.89. The molecular weight excluding hydrogens is 257 g/mol. The van der Waals surface area contributed by atoms with Crippen molar-refractivity contribution >= 4 is 10.0 Å². The fourth-order valence-electron chi connectivity index (χ4n) is 2.00. The molecule has 6 heteroatoms. The maximum atomic E-state index is 13.5. The summed E-state index contributed by atoms with van der Waals surface area (Å²) >= 11 is 0. The normalized spacial score (nSPS) is 20.8. The van der Waals surface area contributed by atoms with Crippen molar-refractivity contribution in [3.8, 4) is 0 Å². The number of benzene rings is 1. The SMILES string of the molecule is CC1(O)CCN(S(=O)(=O)c2ccccc2F)CC1. The van der Waals surface area contributed by atoms with E-state index in [-0.39, 0.29) is 18.0 Å². The minimum atomic E-state index is -3.80. The number of halogens is 1. The Kier molecular flexibility index (Phi) is 3.44. The minimum Gasteiger partial charge on any atom is -0.390 e. The maximum absolute atomic E-state index is 13.5. The lowest BCUT2D eigenvalue weighted by Gasteiger charge is -2.34. The van der Waals surface area contributed by atoms with E-state index < -0.39 is 21.4 Å². The van der Waals surface area contributed by atoms with Gasteiger partial charge in [-0.2, -0.15) is 4.31 Å². The van der Waals surface area contributed by atoms with E-state index in [1.807, 2.05) is 0 Å². The Bertz CT molecular complexity index is 532. The van der Waals surface area contributed by atoms with Gasteiger partial charge in [0, 0.05) is 13.1 Å². The van der Waals surface area contributed by atoms with Crippen LogP contribution in [0.5, 0.6) is 0 Å². The summed E-state index contributed by atoms with van der Waals surface area (Å²) in [5.41, 5.74) is -0.832. The number of sulfonamides is 1. The molecule has 1 saturated heterocycles. The summed E-state index contributed by atoms with van der Waals surface area (Å²) < 4.78 is 39.2. The van der Waals surface area contributed by atoms with E-state index in [0.717, 1.165) is 6.07 Å². The monoisotopic (exact) mass is 273 g/mol. The molecule has 1 aliphatic rings. The van der Waals surface area contributed by atoms with Crippen LogP contribution < -0.4 is 0 Å². The third-order valence-corrected chi connectivity index (χ3v) is 5.19. The molecule has 1 N–H and O–H groups in total. The van der Waals surface area contributed by atoms with Crippen molar-refractivity contribution in [3.05, 3.63) is 30.1 Å². The maximum Gasteiger partial charge on any atom is 0.245 e. The molecule has 0 atom stereocenters. The van der Waals surface area contributed by atoms with Crippen LogP contribution in [0.25, 0.3) is 0 Å². The molecule has 1 aromatic carbocycles. The van der Waals surface area contributed by atoms with Crippen molar-refractivity contribution in [2.75, 3.05) is 13.1 Å². The van der Waals surface area contributed by atoms with Gasteiger partial charge in [0.25, 0.3) is 0 Å². The van der Waals surface area contributed by atoms with E-state index in [4.69, 9.17) is 0 Å². The lowest BCUT2D eigenvalue weighted by atomic mass is 9.95. The largest absolute Gasteiger partial charge is 0.390 e. The molecule has 0 unspecified atom stereocenters. The van der Waals surface area contributed by atoms with Gasteiger partial charge in [-0.15, -0.1) is 0 Å². The highest BCUT2D eigenvalue weighted by Crippen LogP contribution is 2.27. The predicted molar refractivity (Wildman–Crippen MR) is 65.0 cm³/mol. The smallest absolute Gasteiger partial charge is 0.245 e. The summed E-state index contributed by atoms with van der Waals surface area (Å²) in [5, 5.41) is 9.79. The number of rotatable bonds is 2. The van der Waals surface area contributed by atoms with E-state index >= 15 is 0 Å². The van der Waals surface area contributed by atoms with Gasteiger partial charge in [-0.25, -0.2) is 12.8 Å². The summed E-state index contributed by atoms with van der Waals surface area (Å²) in [5.74, 6) is -0.741. The summed E-state index contributed by atoms with van der Waals surface area (Å²) in [6, 6.07) is 5.34. The Labute approximate surface area is 106 Å². The van der Waals surface area contributed by atoms with Crippen molar-refractivity contribution < 1.29 is 17.9 Å². The summed E-state index contributed by atoms with van der Waals surface area (Å²) in [6.07, 6.45) is 0.724. The zero-order valence-corrected chi connectivity index (χ0v) is 11.0. The molecule has 0 radical (unpaired) electrons. The zero-order valence-electron chi connectivity index (χ0n) is 10.1. The Hall–Kier alpha value is -0.980. The number of nitrogens with zero attached hydrogens (tertiary/aromatic N) is 1. The van der Waals surface area contributed by atoms with Gasteiger partial charge in [-0.1, -0.05) is 12.1 Å². The summed E-state index contributed by atoms with van der Waals surface area (Å²) in [6.45, 7) is 2.10. The van der Waals surface area contributed by atoms with Crippen LogP contribution in [0.2, 0.25) is 0 Å². The number of piperidine rings is 1. The highest BCUT2D eigenvalue weighted by atomic mass is 32.2. The van der Waals surface area contributed by atoms with E-state index in [9.17, 15) is 17.9 Å². The van der Waals surface area contributed by atoms with Gasteiger partial charge in [0.05, 0.1) is 5.60 Å². The average molecular weight is 273 g/mol. The first-order chi connectivity index (χ1) is 8.33. The molecule has 1 fully saturated rings. The van der Waals surface area contributed by atoms with Crippen LogP contribution in [0.1, 0.15) is 19.8 Å².